The van der Waals surface area contributed by atoms with Crippen LogP contribution in [0.1, 0.15) is 39.2 Å². The summed E-state index contributed by atoms with van der Waals surface area (Å²) in [5.74, 6) is 0. The topological polar surface area (TPSA) is 23.5 Å². The van der Waals surface area contributed by atoms with Crippen molar-refractivity contribution in [3.8, 4) is 0 Å². The SMILES string of the molecule is CN(CC1(CO)CC1)c1ccc(C(C)(C)C)cc1. The van der Waals surface area contributed by atoms with Crippen LogP contribution in [0.25, 0.3) is 0 Å². The Hall–Kier alpha value is -1.02. The molecule has 100 valence electrons. The molecule has 0 atom stereocenters. The predicted molar refractivity (Wildman–Crippen MR) is 77.2 cm³/mol. The van der Waals surface area contributed by atoms with Gasteiger partial charge in [-0.1, -0.05) is 32.9 Å². The second-order valence-corrected chi connectivity index (χ2v) is 6.81. The van der Waals surface area contributed by atoms with Gasteiger partial charge in [0.15, 0.2) is 0 Å². The maximum Gasteiger partial charge on any atom is 0.0504 e. The second kappa shape index (κ2) is 4.58. The normalized spacial score (nSPS) is 17.6. The van der Waals surface area contributed by atoms with Crippen LogP contribution >= 0.6 is 0 Å². The van der Waals surface area contributed by atoms with Gasteiger partial charge in [-0.05, 0) is 36.0 Å². The molecule has 0 aliphatic heterocycles. The molecule has 1 aromatic carbocycles. The van der Waals surface area contributed by atoms with Gasteiger partial charge < -0.3 is 10.0 Å². The number of benzene rings is 1. The molecule has 0 radical (unpaired) electrons. The Morgan fingerprint density at radius 1 is 1.17 bits per heavy atom. The molecule has 1 fully saturated rings. The fourth-order valence-corrected chi connectivity index (χ4v) is 2.35. The lowest BCUT2D eigenvalue weighted by Crippen LogP contribution is -2.28. The molecule has 0 spiro atoms. The fraction of sp³-hybridized carbons (Fsp3) is 0.625. The van der Waals surface area contributed by atoms with Crippen molar-refractivity contribution < 1.29 is 5.11 Å². The first-order valence-corrected chi connectivity index (χ1v) is 6.79. The number of aliphatic hydroxyl groups is 1. The maximum absolute atomic E-state index is 9.38. The van der Waals surface area contributed by atoms with Crippen LogP contribution in [0, 0.1) is 5.41 Å². The van der Waals surface area contributed by atoms with E-state index in [1.54, 1.807) is 0 Å². The summed E-state index contributed by atoms with van der Waals surface area (Å²) < 4.78 is 0. The highest BCUT2D eigenvalue weighted by Crippen LogP contribution is 2.46. The van der Waals surface area contributed by atoms with Gasteiger partial charge in [0.2, 0.25) is 0 Å². The molecule has 1 N–H and O–H groups in total. The third-order valence-electron chi connectivity index (χ3n) is 4.04. The first kappa shape index (κ1) is 13.4. The molecule has 2 rings (SSSR count). The first-order chi connectivity index (χ1) is 8.36. The van der Waals surface area contributed by atoms with Gasteiger partial charge in [-0.15, -0.1) is 0 Å². The zero-order chi connectivity index (χ0) is 13.4. The minimum atomic E-state index is 0.178. The standard InChI is InChI=1S/C16H25NO/c1-15(2,3)13-5-7-14(8-6-13)17(4)11-16(12-18)9-10-16/h5-8,18H,9-12H2,1-4H3. The summed E-state index contributed by atoms with van der Waals surface area (Å²) in [7, 11) is 2.11. The van der Waals surface area contributed by atoms with Crippen molar-refractivity contribution >= 4 is 5.69 Å². The number of hydrogen-bond donors (Lipinski definition) is 1. The third-order valence-corrected chi connectivity index (χ3v) is 4.04. The average Bonchev–Trinajstić information content (AvgIpc) is 3.08. The van der Waals surface area contributed by atoms with E-state index in [2.05, 4.69) is 57.0 Å². The molecule has 0 saturated heterocycles. The average molecular weight is 247 g/mol. The van der Waals surface area contributed by atoms with Crippen molar-refractivity contribution in [1.82, 2.24) is 0 Å². The Bertz CT molecular complexity index is 398. The summed E-state index contributed by atoms with van der Waals surface area (Å²) in [6.07, 6.45) is 2.32. The summed E-state index contributed by atoms with van der Waals surface area (Å²) in [5.41, 5.74) is 2.99. The zero-order valence-electron chi connectivity index (χ0n) is 12.0. The molecular weight excluding hydrogens is 222 g/mol. The quantitative estimate of drug-likeness (QED) is 0.883. The van der Waals surface area contributed by atoms with Crippen LogP contribution < -0.4 is 4.90 Å². The van der Waals surface area contributed by atoms with Crippen LogP contribution in [-0.4, -0.2) is 25.3 Å². The molecule has 18 heavy (non-hydrogen) atoms. The second-order valence-electron chi connectivity index (χ2n) is 6.81. The van der Waals surface area contributed by atoms with Crippen molar-refractivity contribution in [2.75, 3.05) is 25.1 Å². The Balaban J connectivity index is 2.05. The number of rotatable bonds is 4. The lowest BCUT2D eigenvalue weighted by Gasteiger charge is -2.26. The Morgan fingerprint density at radius 2 is 1.72 bits per heavy atom. The van der Waals surface area contributed by atoms with Gasteiger partial charge >= 0.3 is 0 Å². The van der Waals surface area contributed by atoms with Crippen LogP contribution in [-0.2, 0) is 5.41 Å². The van der Waals surface area contributed by atoms with E-state index in [1.807, 2.05) is 0 Å². The van der Waals surface area contributed by atoms with Crippen LogP contribution in [0.2, 0.25) is 0 Å². The third kappa shape index (κ3) is 2.86. The van der Waals surface area contributed by atoms with E-state index in [0.717, 1.165) is 19.4 Å². The summed E-state index contributed by atoms with van der Waals surface area (Å²) >= 11 is 0. The molecule has 1 aliphatic carbocycles. The molecule has 0 heterocycles. The van der Waals surface area contributed by atoms with E-state index in [1.165, 1.54) is 11.3 Å². The summed E-state index contributed by atoms with van der Waals surface area (Å²) in [5, 5.41) is 9.38. The van der Waals surface area contributed by atoms with Crippen molar-refractivity contribution in [1.29, 1.82) is 0 Å². The summed E-state index contributed by atoms with van der Waals surface area (Å²) in [4.78, 5) is 2.26. The Kier molecular flexibility index (Phi) is 3.41. The number of aliphatic hydroxyl groups excluding tert-OH is 1. The molecule has 0 aromatic heterocycles. The molecule has 0 bridgehead atoms. The maximum atomic E-state index is 9.38. The molecule has 1 saturated carbocycles. The highest BCUT2D eigenvalue weighted by atomic mass is 16.3. The van der Waals surface area contributed by atoms with Crippen LogP contribution in [0.5, 0.6) is 0 Å². The zero-order valence-corrected chi connectivity index (χ0v) is 12.0. The molecule has 0 amide bonds. The van der Waals surface area contributed by atoms with Gasteiger partial charge in [0.1, 0.15) is 0 Å². The van der Waals surface area contributed by atoms with E-state index < -0.39 is 0 Å². The van der Waals surface area contributed by atoms with E-state index in [4.69, 9.17) is 0 Å². The van der Waals surface area contributed by atoms with E-state index in [9.17, 15) is 5.11 Å². The van der Waals surface area contributed by atoms with E-state index in [-0.39, 0.29) is 10.8 Å². The van der Waals surface area contributed by atoms with Crippen molar-refractivity contribution in [2.45, 2.75) is 39.0 Å². The number of hydrogen-bond acceptors (Lipinski definition) is 2. The highest BCUT2D eigenvalue weighted by molar-refractivity contribution is 5.48. The Labute approximate surface area is 111 Å². The van der Waals surface area contributed by atoms with Crippen LogP contribution in [0.3, 0.4) is 0 Å². The van der Waals surface area contributed by atoms with Gasteiger partial charge in [-0.25, -0.2) is 0 Å². The molecule has 1 aromatic rings. The Morgan fingerprint density at radius 3 is 2.11 bits per heavy atom. The first-order valence-electron chi connectivity index (χ1n) is 6.79. The van der Waals surface area contributed by atoms with Crippen molar-refractivity contribution in [3.63, 3.8) is 0 Å². The lowest BCUT2D eigenvalue weighted by atomic mass is 9.87. The van der Waals surface area contributed by atoms with Crippen molar-refractivity contribution in [2.24, 2.45) is 5.41 Å². The van der Waals surface area contributed by atoms with Crippen LogP contribution in [0.4, 0.5) is 5.69 Å². The van der Waals surface area contributed by atoms with Gasteiger partial charge in [-0.3, -0.25) is 0 Å². The summed E-state index contributed by atoms with van der Waals surface area (Å²) in [6.45, 7) is 7.97. The van der Waals surface area contributed by atoms with Gasteiger partial charge in [-0.2, -0.15) is 0 Å². The molecule has 2 nitrogen and oxygen atoms in total. The predicted octanol–water partition coefficient (Wildman–Crippen LogP) is 3.19. The lowest BCUT2D eigenvalue weighted by molar-refractivity contribution is 0.215. The van der Waals surface area contributed by atoms with Gasteiger partial charge in [0, 0.05) is 24.7 Å². The molecular formula is C16H25NO. The van der Waals surface area contributed by atoms with Gasteiger partial charge in [0.25, 0.3) is 0 Å². The minimum Gasteiger partial charge on any atom is -0.396 e. The van der Waals surface area contributed by atoms with Crippen LogP contribution in [0.15, 0.2) is 24.3 Å². The van der Waals surface area contributed by atoms with Crippen molar-refractivity contribution in [3.05, 3.63) is 29.8 Å². The van der Waals surface area contributed by atoms with E-state index >= 15 is 0 Å². The molecule has 1 aliphatic rings. The largest absolute Gasteiger partial charge is 0.396 e. The smallest absolute Gasteiger partial charge is 0.0504 e. The minimum absolute atomic E-state index is 0.178. The number of nitrogens with zero attached hydrogens (tertiary/aromatic N) is 1. The number of anilines is 1. The van der Waals surface area contributed by atoms with E-state index in [0.29, 0.717) is 6.61 Å². The molecule has 0 unspecified atom stereocenters. The summed E-state index contributed by atoms with van der Waals surface area (Å²) in [6, 6.07) is 8.80. The highest BCUT2D eigenvalue weighted by Gasteiger charge is 2.42. The monoisotopic (exact) mass is 247 g/mol. The molecule has 2 heteroatoms. The van der Waals surface area contributed by atoms with Gasteiger partial charge in [0.05, 0.1) is 6.61 Å². The fourth-order valence-electron chi connectivity index (χ4n) is 2.35.